The fraction of sp³-hybridized carbons (Fsp3) is 0.111. The summed E-state index contributed by atoms with van der Waals surface area (Å²) in [6.45, 7) is 0.485. The quantitative estimate of drug-likeness (QED) is 0.652. The summed E-state index contributed by atoms with van der Waals surface area (Å²) in [7, 11) is 0. The monoisotopic (exact) mass is 189 g/mol. The van der Waals surface area contributed by atoms with Crippen molar-refractivity contribution in [3.05, 3.63) is 36.4 Å². The lowest BCUT2D eigenvalue weighted by atomic mass is 10.3. The molecule has 2 rings (SSSR count). The van der Waals surface area contributed by atoms with Gasteiger partial charge in [0.05, 0.1) is 12.7 Å². The lowest BCUT2D eigenvalue weighted by Gasteiger charge is -2.25. The maximum absolute atomic E-state index is 5.76. The van der Waals surface area contributed by atoms with Crippen LogP contribution in [-0.2, 0) is 0 Å². The third-order valence-electron chi connectivity index (χ3n) is 1.92. The maximum atomic E-state index is 5.76. The van der Waals surface area contributed by atoms with Crippen molar-refractivity contribution in [1.29, 1.82) is 0 Å². The molecule has 14 heavy (non-hydrogen) atoms. The van der Waals surface area contributed by atoms with Crippen molar-refractivity contribution >= 4 is 11.7 Å². The Balaban J connectivity index is 2.30. The van der Waals surface area contributed by atoms with Gasteiger partial charge in [0.1, 0.15) is 17.5 Å². The zero-order valence-electron chi connectivity index (χ0n) is 7.59. The van der Waals surface area contributed by atoms with E-state index in [1.54, 1.807) is 6.20 Å². The van der Waals surface area contributed by atoms with E-state index in [2.05, 4.69) is 9.98 Å². The molecule has 1 aliphatic rings. The molecule has 0 atom stereocenters. The predicted octanol–water partition coefficient (Wildman–Crippen LogP) is 0.0164. The third-order valence-corrected chi connectivity index (χ3v) is 1.92. The van der Waals surface area contributed by atoms with Crippen LogP contribution in [0.5, 0.6) is 0 Å². The smallest absolute Gasteiger partial charge is 0.134 e. The Bertz CT molecular complexity index is 381. The van der Waals surface area contributed by atoms with Crippen LogP contribution in [-0.4, -0.2) is 17.4 Å². The molecule has 0 bridgehead atoms. The summed E-state index contributed by atoms with van der Waals surface area (Å²) < 4.78 is 0. The van der Waals surface area contributed by atoms with E-state index in [0.29, 0.717) is 18.2 Å². The van der Waals surface area contributed by atoms with Gasteiger partial charge in [-0.3, -0.25) is 0 Å². The van der Waals surface area contributed by atoms with Crippen LogP contribution in [0.1, 0.15) is 0 Å². The molecule has 1 aromatic rings. The Hall–Kier alpha value is -2.04. The molecule has 0 aromatic carbocycles. The molecule has 0 spiro atoms. The van der Waals surface area contributed by atoms with Crippen molar-refractivity contribution in [1.82, 2.24) is 4.98 Å². The van der Waals surface area contributed by atoms with Crippen LogP contribution >= 0.6 is 0 Å². The minimum Gasteiger partial charge on any atom is -0.386 e. The average Bonchev–Trinajstić information content (AvgIpc) is 2.23. The van der Waals surface area contributed by atoms with Crippen molar-refractivity contribution in [3.8, 4) is 0 Å². The van der Waals surface area contributed by atoms with E-state index in [0.717, 1.165) is 5.82 Å². The first-order valence-corrected chi connectivity index (χ1v) is 4.24. The van der Waals surface area contributed by atoms with E-state index < -0.39 is 0 Å². The van der Waals surface area contributed by atoms with Gasteiger partial charge in [-0.1, -0.05) is 6.07 Å². The van der Waals surface area contributed by atoms with Crippen LogP contribution < -0.4 is 16.4 Å². The Morgan fingerprint density at radius 2 is 2.14 bits per heavy atom. The summed E-state index contributed by atoms with van der Waals surface area (Å²) in [5, 5.41) is 0. The van der Waals surface area contributed by atoms with E-state index >= 15 is 0 Å². The summed E-state index contributed by atoms with van der Waals surface area (Å²) in [4.78, 5) is 9.91. The number of amidine groups is 1. The number of aromatic nitrogens is 1. The van der Waals surface area contributed by atoms with Crippen LogP contribution in [0.3, 0.4) is 0 Å². The molecule has 1 aliphatic heterocycles. The largest absolute Gasteiger partial charge is 0.386 e. The number of anilines is 1. The first-order valence-electron chi connectivity index (χ1n) is 4.24. The van der Waals surface area contributed by atoms with Gasteiger partial charge in [-0.2, -0.15) is 0 Å². The summed E-state index contributed by atoms with van der Waals surface area (Å²) in [6.07, 6.45) is 3.25. The summed E-state index contributed by atoms with van der Waals surface area (Å²) in [5.41, 5.74) is 11.4. The molecular formula is C9H11N5. The van der Waals surface area contributed by atoms with Crippen LogP contribution in [0.4, 0.5) is 5.82 Å². The summed E-state index contributed by atoms with van der Waals surface area (Å²) >= 11 is 0. The van der Waals surface area contributed by atoms with Crippen molar-refractivity contribution in [2.75, 3.05) is 11.4 Å². The molecule has 0 fully saturated rings. The fourth-order valence-electron chi connectivity index (χ4n) is 1.24. The Labute approximate surface area is 81.8 Å². The van der Waals surface area contributed by atoms with Crippen molar-refractivity contribution < 1.29 is 0 Å². The number of aliphatic imine (C=N–C) groups is 1. The van der Waals surface area contributed by atoms with E-state index in [9.17, 15) is 0 Å². The molecule has 0 unspecified atom stereocenters. The molecule has 0 radical (unpaired) electrons. The van der Waals surface area contributed by atoms with Gasteiger partial charge in [-0.25, -0.2) is 9.98 Å². The number of pyridine rings is 1. The average molecular weight is 189 g/mol. The molecular weight excluding hydrogens is 178 g/mol. The molecule has 0 amide bonds. The summed E-state index contributed by atoms with van der Waals surface area (Å²) in [6, 6.07) is 5.63. The number of nitrogens with zero attached hydrogens (tertiary/aromatic N) is 3. The van der Waals surface area contributed by atoms with Crippen LogP contribution in [0.15, 0.2) is 41.4 Å². The van der Waals surface area contributed by atoms with Crippen molar-refractivity contribution in [3.63, 3.8) is 0 Å². The highest BCUT2D eigenvalue weighted by atomic mass is 15.3. The van der Waals surface area contributed by atoms with Crippen LogP contribution in [0, 0.1) is 0 Å². The zero-order valence-corrected chi connectivity index (χ0v) is 7.59. The molecule has 0 aliphatic carbocycles. The van der Waals surface area contributed by atoms with Gasteiger partial charge in [0.15, 0.2) is 0 Å². The second-order valence-electron chi connectivity index (χ2n) is 2.95. The van der Waals surface area contributed by atoms with Gasteiger partial charge in [-0.05, 0) is 12.1 Å². The third kappa shape index (κ3) is 1.52. The van der Waals surface area contributed by atoms with Gasteiger partial charge >= 0.3 is 0 Å². The highest BCUT2D eigenvalue weighted by molar-refractivity contribution is 5.87. The molecule has 1 aromatic heterocycles. The molecule has 5 heteroatoms. The lowest BCUT2D eigenvalue weighted by Crippen LogP contribution is -2.39. The molecule has 0 saturated heterocycles. The standard InChI is InChI=1S/C9H11N5/c10-7-6-14(8(11)5-13-7)9-3-1-2-4-12-9/h1-5H,6,11H2,(H2,10,13). The Morgan fingerprint density at radius 3 is 2.86 bits per heavy atom. The fourth-order valence-corrected chi connectivity index (χ4v) is 1.24. The van der Waals surface area contributed by atoms with Crippen molar-refractivity contribution in [2.24, 2.45) is 16.5 Å². The maximum Gasteiger partial charge on any atom is 0.134 e. The number of nitrogens with two attached hydrogens (primary N) is 2. The second kappa shape index (κ2) is 3.37. The predicted molar refractivity (Wildman–Crippen MR) is 55.5 cm³/mol. The van der Waals surface area contributed by atoms with Crippen LogP contribution in [0.25, 0.3) is 0 Å². The number of rotatable bonds is 1. The SMILES string of the molecule is NC1=CN=C(N)CN1c1ccccn1. The lowest BCUT2D eigenvalue weighted by molar-refractivity contribution is 0.944. The second-order valence-corrected chi connectivity index (χ2v) is 2.95. The van der Waals surface area contributed by atoms with Crippen molar-refractivity contribution in [2.45, 2.75) is 0 Å². The Morgan fingerprint density at radius 1 is 1.29 bits per heavy atom. The molecule has 2 heterocycles. The van der Waals surface area contributed by atoms with E-state index in [1.807, 2.05) is 23.1 Å². The first-order chi connectivity index (χ1) is 6.77. The van der Waals surface area contributed by atoms with Gasteiger partial charge in [-0.15, -0.1) is 0 Å². The highest BCUT2D eigenvalue weighted by Gasteiger charge is 2.14. The van der Waals surface area contributed by atoms with Gasteiger partial charge in [0.2, 0.25) is 0 Å². The van der Waals surface area contributed by atoms with E-state index in [1.165, 1.54) is 6.20 Å². The van der Waals surface area contributed by atoms with Gasteiger partial charge in [0.25, 0.3) is 0 Å². The van der Waals surface area contributed by atoms with E-state index in [-0.39, 0.29) is 0 Å². The van der Waals surface area contributed by atoms with Gasteiger partial charge < -0.3 is 16.4 Å². The highest BCUT2D eigenvalue weighted by Crippen LogP contribution is 2.14. The molecule has 72 valence electrons. The topological polar surface area (TPSA) is 80.5 Å². The normalized spacial score (nSPS) is 16.1. The zero-order chi connectivity index (χ0) is 9.97. The molecule has 4 N–H and O–H groups in total. The number of hydrogen-bond acceptors (Lipinski definition) is 5. The first kappa shape index (κ1) is 8.55. The number of hydrogen-bond donors (Lipinski definition) is 2. The van der Waals surface area contributed by atoms with E-state index in [4.69, 9.17) is 11.5 Å². The molecule has 5 nitrogen and oxygen atoms in total. The minimum absolute atomic E-state index is 0.485. The minimum atomic E-state index is 0.485. The Kier molecular flexibility index (Phi) is 2.06. The summed E-state index contributed by atoms with van der Waals surface area (Å²) in [5.74, 6) is 1.86. The molecule has 0 saturated carbocycles. The van der Waals surface area contributed by atoms with Gasteiger partial charge in [0, 0.05) is 6.20 Å². The van der Waals surface area contributed by atoms with Crippen LogP contribution in [0.2, 0.25) is 0 Å².